The summed E-state index contributed by atoms with van der Waals surface area (Å²) >= 11 is 0. The molecule has 1 heterocycles. The molecule has 0 amide bonds. The molecule has 4 N–H and O–H groups in total. The van der Waals surface area contributed by atoms with Crippen LogP contribution in [-0.4, -0.2) is 62.7 Å². The highest BCUT2D eigenvalue weighted by Crippen LogP contribution is 2.26. The molecule has 2 unspecified atom stereocenters. The number of ether oxygens (including phenoxy) is 2. The fourth-order valence-corrected chi connectivity index (χ4v) is 1.97. The first kappa shape index (κ1) is 15.6. The second-order valence-electron chi connectivity index (χ2n) is 4.57. The molecular weight excluding hydrogens is 286 g/mol. The molecule has 1 aliphatic heterocycles. The normalized spacial score (nSPS) is 32.7. The van der Waals surface area contributed by atoms with Gasteiger partial charge in [-0.3, -0.25) is 10.1 Å². The van der Waals surface area contributed by atoms with E-state index in [1.54, 1.807) is 0 Å². The Balaban J connectivity index is 2.14. The third kappa shape index (κ3) is 3.28. The molecule has 0 spiro atoms. The summed E-state index contributed by atoms with van der Waals surface area (Å²) in [6.45, 7) is -0.584. The third-order valence-electron chi connectivity index (χ3n) is 3.13. The fourth-order valence-electron chi connectivity index (χ4n) is 1.97. The number of aliphatic hydroxyl groups is 4. The molecule has 1 aromatic carbocycles. The van der Waals surface area contributed by atoms with Gasteiger partial charge in [-0.25, -0.2) is 0 Å². The van der Waals surface area contributed by atoms with Crippen molar-refractivity contribution in [3.63, 3.8) is 0 Å². The first-order chi connectivity index (χ1) is 9.93. The molecule has 1 aromatic rings. The van der Waals surface area contributed by atoms with Crippen LogP contribution in [0.3, 0.4) is 0 Å². The Morgan fingerprint density at radius 3 is 2.57 bits per heavy atom. The monoisotopic (exact) mass is 301 g/mol. The maximum absolute atomic E-state index is 10.7. The molecule has 1 saturated heterocycles. The van der Waals surface area contributed by atoms with Crippen molar-refractivity contribution in [3.8, 4) is 5.75 Å². The Morgan fingerprint density at radius 1 is 1.24 bits per heavy atom. The molecule has 2 rings (SSSR count). The SMILES string of the molecule is O=[N+]([O-])c1cccc(O[C@@H]2OC(CO)[C@H](O)[C@H](O)C2O)c1. The van der Waals surface area contributed by atoms with Crippen molar-refractivity contribution in [2.75, 3.05) is 6.61 Å². The highest BCUT2D eigenvalue weighted by Gasteiger charge is 2.44. The van der Waals surface area contributed by atoms with Crippen LogP contribution in [0.5, 0.6) is 5.75 Å². The Kier molecular flexibility index (Phi) is 4.70. The van der Waals surface area contributed by atoms with E-state index in [4.69, 9.17) is 14.6 Å². The summed E-state index contributed by atoms with van der Waals surface area (Å²) in [7, 11) is 0. The van der Waals surface area contributed by atoms with E-state index in [1.165, 1.54) is 18.2 Å². The van der Waals surface area contributed by atoms with Crippen LogP contribution in [0.1, 0.15) is 0 Å². The summed E-state index contributed by atoms with van der Waals surface area (Å²) in [5.41, 5.74) is -0.211. The van der Waals surface area contributed by atoms with Gasteiger partial charge < -0.3 is 29.9 Å². The predicted octanol–water partition coefficient (Wildman–Crippen LogP) is -1.23. The van der Waals surface area contributed by atoms with Crippen LogP contribution in [0.2, 0.25) is 0 Å². The van der Waals surface area contributed by atoms with Gasteiger partial charge in [-0.05, 0) is 6.07 Å². The van der Waals surface area contributed by atoms with E-state index in [9.17, 15) is 25.4 Å². The first-order valence-corrected chi connectivity index (χ1v) is 6.15. The summed E-state index contributed by atoms with van der Waals surface area (Å²) in [5, 5.41) is 48.7. The lowest BCUT2D eigenvalue weighted by Gasteiger charge is -2.39. The van der Waals surface area contributed by atoms with Crippen molar-refractivity contribution in [2.24, 2.45) is 0 Å². The molecule has 0 saturated carbocycles. The van der Waals surface area contributed by atoms with E-state index >= 15 is 0 Å². The second kappa shape index (κ2) is 6.33. The average Bonchev–Trinajstić information content (AvgIpc) is 2.48. The van der Waals surface area contributed by atoms with E-state index in [0.29, 0.717) is 0 Å². The Morgan fingerprint density at radius 2 is 1.95 bits per heavy atom. The Hall–Kier alpha value is -1.78. The van der Waals surface area contributed by atoms with Gasteiger partial charge in [-0.15, -0.1) is 0 Å². The van der Waals surface area contributed by atoms with Crippen LogP contribution < -0.4 is 4.74 Å². The van der Waals surface area contributed by atoms with Crippen molar-refractivity contribution >= 4 is 5.69 Å². The summed E-state index contributed by atoms with van der Waals surface area (Å²) in [6, 6.07) is 5.19. The highest BCUT2D eigenvalue weighted by molar-refractivity contribution is 5.38. The maximum Gasteiger partial charge on any atom is 0.273 e. The van der Waals surface area contributed by atoms with Crippen LogP contribution in [0.25, 0.3) is 0 Å². The minimum Gasteiger partial charge on any atom is -0.462 e. The van der Waals surface area contributed by atoms with Gasteiger partial charge >= 0.3 is 0 Å². The number of nitrogens with zero attached hydrogens (tertiary/aromatic N) is 1. The molecule has 5 atom stereocenters. The lowest BCUT2D eigenvalue weighted by molar-refractivity contribution is -0.385. The summed E-state index contributed by atoms with van der Waals surface area (Å²) in [4.78, 5) is 10.1. The van der Waals surface area contributed by atoms with E-state index in [-0.39, 0.29) is 11.4 Å². The van der Waals surface area contributed by atoms with Crippen molar-refractivity contribution in [1.82, 2.24) is 0 Å². The molecule has 0 radical (unpaired) electrons. The van der Waals surface area contributed by atoms with Crippen LogP contribution in [0.4, 0.5) is 5.69 Å². The molecule has 116 valence electrons. The number of hydrogen-bond acceptors (Lipinski definition) is 8. The van der Waals surface area contributed by atoms with Gasteiger partial charge in [0.15, 0.2) is 0 Å². The van der Waals surface area contributed by atoms with Crippen molar-refractivity contribution in [1.29, 1.82) is 0 Å². The zero-order valence-corrected chi connectivity index (χ0v) is 10.8. The predicted molar refractivity (Wildman–Crippen MR) is 67.5 cm³/mol. The van der Waals surface area contributed by atoms with Gasteiger partial charge in [0.05, 0.1) is 17.6 Å². The summed E-state index contributed by atoms with van der Waals surface area (Å²) in [6.07, 6.45) is -7.11. The van der Waals surface area contributed by atoms with E-state index < -0.39 is 42.2 Å². The molecule has 1 fully saturated rings. The van der Waals surface area contributed by atoms with Gasteiger partial charge in [0.1, 0.15) is 30.2 Å². The van der Waals surface area contributed by atoms with Gasteiger partial charge in [-0.1, -0.05) is 6.07 Å². The number of aliphatic hydroxyl groups excluding tert-OH is 4. The molecule has 0 aliphatic carbocycles. The lowest BCUT2D eigenvalue weighted by atomic mass is 9.99. The molecule has 0 aromatic heterocycles. The maximum atomic E-state index is 10.7. The minimum atomic E-state index is -1.57. The second-order valence-corrected chi connectivity index (χ2v) is 4.57. The molecule has 0 bridgehead atoms. The smallest absolute Gasteiger partial charge is 0.273 e. The molecule has 21 heavy (non-hydrogen) atoms. The highest BCUT2D eigenvalue weighted by atomic mass is 16.7. The third-order valence-corrected chi connectivity index (χ3v) is 3.13. The number of hydrogen-bond donors (Lipinski definition) is 4. The van der Waals surface area contributed by atoms with Crippen LogP contribution >= 0.6 is 0 Å². The molecule has 1 aliphatic rings. The van der Waals surface area contributed by atoms with Crippen molar-refractivity contribution in [3.05, 3.63) is 34.4 Å². The summed E-state index contributed by atoms with van der Waals surface area (Å²) in [5.74, 6) is 0.0496. The molecular formula is C12H15NO8. The van der Waals surface area contributed by atoms with Gasteiger partial charge in [0.2, 0.25) is 6.29 Å². The average molecular weight is 301 g/mol. The van der Waals surface area contributed by atoms with Crippen molar-refractivity contribution < 1.29 is 34.8 Å². The van der Waals surface area contributed by atoms with E-state index in [2.05, 4.69) is 0 Å². The first-order valence-electron chi connectivity index (χ1n) is 6.15. The molecule has 9 nitrogen and oxygen atoms in total. The lowest BCUT2D eigenvalue weighted by Crippen LogP contribution is -2.60. The van der Waals surface area contributed by atoms with E-state index in [1.807, 2.05) is 0 Å². The Labute approximate surface area is 119 Å². The quantitative estimate of drug-likeness (QED) is 0.400. The topological polar surface area (TPSA) is 143 Å². The van der Waals surface area contributed by atoms with Crippen LogP contribution in [-0.2, 0) is 4.74 Å². The van der Waals surface area contributed by atoms with Crippen LogP contribution in [0, 0.1) is 10.1 Å². The number of non-ortho nitro benzene ring substituents is 1. The van der Waals surface area contributed by atoms with E-state index in [0.717, 1.165) is 6.07 Å². The fraction of sp³-hybridized carbons (Fsp3) is 0.500. The van der Waals surface area contributed by atoms with Crippen LogP contribution in [0.15, 0.2) is 24.3 Å². The van der Waals surface area contributed by atoms with Gasteiger partial charge in [-0.2, -0.15) is 0 Å². The number of rotatable bonds is 4. The zero-order chi connectivity index (χ0) is 15.6. The largest absolute Gasteiger partial charge is 0.462 e. The number of benzene rings is 1. The van der Waals surface area contributed by atoms with Gasteiger partial charge in [0, 0.05) is 6.07 Å². The van der Waals surface area contributed by atoms with Gasteiger partial charge in [0.25, 0.3) is 5.69 Å². The number of nitro groups is 1. The standard InChI is InChI=1S/C12H15NO8/c14-5-8-9(15)10(16)11(17)12(21-8)20-7-3-1-2-6(4-7)13(18)19/h1-4,8-12,14-17H,5H2/t8?,9-,10-,11?,12+/m0/s1. The van der Waals surface area contributed by atoms with Crippen molar-refractivity contribution in [2.45, 2.75) is 30.7 Å². The Bertz CT molecular complexity index is 508. The molecule has 9 heteroatoms. The summed E-state index contributed by atoms with van der Waals surface area (Å²) < 4.78 is 10.4. The zero-order valence-electron chi connectivity index (χ0n) is 10.8. The number of nitro benzene ring substituents is 1. The minimum absolute atomic E-state index is 0.0496.